The molecule has 2 nitrogen and oxygen atoms in total. The van der Waals surface area contributed by atoms with Crippen LogP contribution in [0.1, 0.15) is 31.2 Å². The van der Waals surface area contributed by atoms with Crippen molar-refractivity contribution in [1.82, 2.24) is 4.90 Å². The molecule has 4 aliphatic rings. The summed E-state index contributed by atoms with van der Waals surface area (Å²) in [5.41, 5.74) is 6.10. The average molecular weight is 226 g/mol. The van der Waals surface area contributed by atoms with Crippen molar-refractivity contribution in [2.45, 2.75) is 38.3 Å². The van der Waals surface area contributed by atoms with Gasteiger partial charge in [0.15, 0.2) is 0 Å². The third-order valence-electron chi connectivity index (χ3n) is 4.56. The Bertz CT molecular complexity index is 479. The summed E-state index contributed by atoms with van der Waals surface area (Å²) in [4.78, 5) is 2.67. The first-order chi connectivity index (χ1) is 8.42. The molecule has 1 N–H and O–H groups in total. The molecule has 1 saturated carbocycles. The summed E-state index contributed by atoms with van der Waals surface area (Å²) in [6.45, 7) is 2.13. The lowest BCUT2D eigenvalue weighted by Gasteiger charge is -2.44. The molecule has 0 amide bonds. The summed E-state index contributed by atoms with van der Waals surface area (Å²) in [5, 5.41) is 3.61. The van der Waals surface area contributed by atoms with E-state index in [1.807, 2.05) is 0 Å². The molecule has 0 unspecified atom stereocenters. The number of nitrogens with zero attached hydrogens (tertiary/aromatic N) is 1. The van der Waals surface area contributed by atoms with Gasteiger partial charge in [0.1, 0.15) is 0 Å². The van der Waals surface area contributed by atoms with Crippen LogP contribution in [0.3, 0.4) is 0 Å². The zero-order valence-electron chi connectivity index (χ0n) is 10.1. The van der Waals surface area contributed by atoms with Crippen molar-refractivity contribution in [3.8, 4) is 0 Å². The fourth-order valence-corrected chi connectivity index (χ4v) is 3.62. The second-order valence-electron chi connectivity index (χ2n) is 5.42. The first kappa shape index (κ1) is 9.58. The Kier molecular flexibility index (Phi) is 1.99. The summed E-state index contributed by atoms with van der Waals surface area (Å²) < 4.78 is 0. The van der Waals surface area contributed by atoms with E-state index in [9.17, 15) is 0 Å². The maximum Gasteiger partial charge on any atom is 0.0549 e. The highest BCUT2D eigenvalue weighted by atomic mass is 15.2. The quantitative estimate of drug-likeness (QED) is 0.731. The van der Waals surface area contributed by atoms with Crippen LogP contribution in [0.25, 0.3) is 0 Å². The molecule has 5 rings (SSSR count). The summed E-state index contributed by atoms with van der Waals surface area (Å²) in [5.74, 6) is 0. The van der Waals surface area contributed by atoms with E-state index >= 15 is 0 Å². The molecule has 0 saturated heterocycles. The van der Waals surface area contributed by atoms with Gasteiger partial charge in [-0.15, -0.1) is 0 Å². The molecule has 3 heterocycles. The molecule has 0 aromatic heterocycles. The van der Waals surface area contributed by atoms with Crippen LogP contribution in [0.4, 0.5) is 5.69 Å². The average Bonchev–Trinajstić information content (AvgIpc) is 2.60. The number of hydrogen-bond donors (Lipinski definition) is 1. The lowest BCUT2D eigenvalue weighted by Crippen LogP contribution is -2.42. The normalized spacial score (nSPS) is 22.9. The zero-order chi connectivity index (χ0) is 11.2. The Morgan fingerprint density at radius 1 is 1.12 bits per heavy atom. The largest absolute Gasteiger partial charge is 0.379 e. The molecule has 0 atom stereocenters. The van der Waals surface area contributed by atoms with Crippen LogP contribution in [0.15, 0.2) is 35.5 Å². The molecule has 88 valence electrons. The minimum Gasteiger partial charge on any atom is -0.379 e. The number of fused-ring (bicyclic) bond motifs is 3. The molecule has 1 aliphatic carbocycles. The molecule has 2 bridgehead atoms. The number of hydrogen-bond acceptors (Lipinski definition) is 2. The van der Waals surface area contributed by atoms with Crippen LogP contribution in [0.2, 0.25) is 0 Å². The van der Waals surface area contributed by atoms with Crippen LogP contribution >= 0.6 is 0 Å². The smallest absolute Gasteiger partial charge is 0.0549 e. The van der Waals surface area contributed by atoms with Gasteiger partial charge in [-0.1, -0.05) is 18.2 Å². The molecule has 1 fully saturated rings. The first-order valence-electron chi connectivity index (χ1n) is 6.71. The van der Waals surface area contributed by atoms with Crippen LogP contribution in [0, 0.1) is 0 Å². The van der Waals surface area contributed by atoms with E-state index in [0.717, 1.165) is 19.1 Å². The minimum absolute atomic E-state index is 0.801. The summed E-state index contributed by atoms with van der Waals surface area (Å²) in [6.07, 6.45) is 5.44. The van der Waals surface area contributed by atoms with Crippen molar-refractivity contribution in [2.75, 3.05) is 11.9 Å². The second-order valence-corrected chi connectivity index (χ2v) is 5.42. The van der Waals surface area contributed by atoms with Crippen molar-refractivity contribution >= 4 is 5.69 Å². The lowest BCUT2D eigenvalue weighted by molar-refractivity contribution is 0.175. The Balaban J connectivity index is 1.79. The number of benzene rings is 1. The van der Waals surface area contributed by atoms with Crippen LogP contribution in [-0.4, -0.2) is 17.5 Å². The SMILES string of the molecule is c1ccc2c(c1)CN1C(=C3CCC1CC3)CN2. The van der Waals surface area contributed by atoms with E-state index in [0.29, 0.717) is 0 Å². The van der Waals surface area contributed by atoms with E-state index in [4.69, 9.17) is 0 Å². The Labute approximate surface area is 102 Å². The molecule has 17 heavy (non-hydrogen) atoms. The van der Waals surface area contributed by atoms with Gasteiger partial charge in [-0.2, -0.15) is 0 Å². The van der Waals surface area contributed by atoms with Crippen molar-refractivity contribution in [1.29, 1.82) is 0 Å². The first-order valence-corrected chi connectivity index (χ1v) is 6.71. The van der Waals surface area contributed by atoms with Crippen molar-refractivity contribution in [3.63, 3.8) is 0 Å². The van der Waals surface area contributed by atoms with Crippen molar-refractivity contribution in [2.24, 2.45) is 0 Å². The maximum absolute atomic E-state index is 3.61. The minimum atomic E-state index is 0.801. The van der Waals surface area contributed by atoms with Gasteiger partial charge in [-0.25, -0.2) is 0 Å². The summed E-state index contributed by atoms with van der Waals surface area (Å²) in [6, 6.07) is 9.55. The molecule has 3 aliphatic heterocycles. The van der Waals surface area contributed by atoms with Crippen LogP contribution in [-0.2, 0) is 6.54 Å². The number of nitrogens with one attached hydrogen (secondary N) is 1. The van der Waals surface area contributed by atoms with Gasteiger partial charge in [-0.05, 0) is 42.9 Å². The summed E-state index contributed by atoms with van der Waals surface area (Å²) >= 11 is 0. The molecule has 0 spiro atoms. The van der Waals surface area contributed by atoms with Gasteiger partial charge in [0.25, 0.3) is 0 Å². The topological polar surface area (TPSA) is 15.3 Å². The predicted octanol–water partition coefficient (Wildman–Crippen LogP) is 3.12. The monoisotopic (exact) mass is 226 g/mol. The molecule has 1 aromatic carbocycles. The molecule has 2 heteroatoms. The van der Waals surface area contributed by atoms with Gasteiger partial charge < -0.3 is 10.2 Å². The van der Waals surface area contributed by atoms with Gasteiger partial charge in [0.2, 0.25) is 0 Å². The highest BCUT2D eigenvalue weighted by Gasteiger charge is 2.34. The highest BCUT2D eigenvalue weighted by molar-refractivity contribution is 5.54. The second kappa shape index (κ2) is 3.52. The lowest BCUT2D eigenvalue weighted by atomic mass is 9.83. The molecule has 1 aromatic rings. The Morgan fingerprint density at radius 3 is 2.82 bits per heavy atom. The number of para-hydroxylation sites is 1. The van der Waals surface area contributed by atoms with Crippen molar-refractivity contribution < 1.29 is 0 Å². The van der Waals surface area contributed by atoms with Crippen LogP contribution < -0.4 is 5.32 Å². The maximum atomic E-state index is 3.61. The van der Waals surface area contributed by atoms with Gasteiger partial charge in [0, 0.05) is 24.0 Å². The summed E-state index contributed by atoms with van der Waals surface area (Å²) in [7, 11) is 0. The third kappa shape index (κ3) is 1.40. The number of allylic oxidation sites excluding steroid dienone is 1. The third-order valence-corrected chi connectivity index (χ3v) is 4.56. The van der Waals surface area contributed by atoms with E-state index < -0.39 is 0 Å². The van der Waals surface area contributed by atoms with E-state index in [2.05, 4.69) is 34.5 Å². The van der Waals surface area contributed by atoms with E-state index in [-0.39, 0.29) is 0 Å². The zero-order valence-corrected chi connectivity index (χ0v) is 10.1. The standard InChI is InChI=1S/C15H18N2/c1-2-4-14-12(3-1)10-17-13-7-5-11(6-8-13)15(17)9-16-14/h1-4,13,16H,5-10H2. The van der Waals surface area contributed by atoms with Crippen molar-refractivity contribution in [3.05, 3.63) is 41.1 Å². The van der Waals surface area contributed by atoms with E-state index in [1.54, 1.807) is 11.3 Å². The fourth-order valence-electron chi connectivity index (χ4n) is 3.62. The van der Waals surface area contributed by atoms with Gasteiger partial charge >= 0.3 is 0 Å². The van der Waals surface area contributed by atoms with E-state index in [1.165, 1.54) is 36.9 Å². The Hall–Kier alpha value is -1.44. The number of rotatable bonds is 0. The predicted molar refractivity (Wildman–Crippen MR) is 69.8 cm³/mol. The molecule has 0 radical (unpaired) electrons. The van der Waals surface area contributed by atoms with Gasteiger partial charge in [-0.3, -0.25) is 0 Å². The highest BCUT2D eigenvalue weighted by Crippen LogP contribution is 2.40. The number of anilines is 1. The molecular weight excluding hydrogens is 208 g/mol. The molecular formula is C15H18N2. The Morgan fingerprint density at radius 2 is 1.94 bits per heavy atom. The fraction of sp³-hybridized carbons (Fsp3) is 0.467. The van der Waals surface area contributed by atoms with Gasteiger partial charge in [0.05, 0.1) is 6.54 Å². The van der Waals surface area contributed by atoms with Crippen LogP contribution in [0.5, 0.6) is 0 Å².